The quantitative estimate of drug-likeness (QED) is 0.667. The highest BCUT2D eigenvalue weighted by Crippen LogP contribution is 2.02. The van der Waals surface area contributed by atoms with Crippen molar-refractivity contribution in [2.75, 3.05) is 5.75 Å². The minimum atomic E-state index is -3.02. The molecule has 1 aromatic heterocycles. The van der Waals surface area contributed by atoms with Crippen molar-refractivity contribution in [1.29, 1.82) is 0 Å². The second-order valence-electron chi connectivity index (χ2n) is 2.90. The van der Waals surface area contributed by atoms with Gasteiger partial charge >= 0.3 is 0 Å². The van der Waals surface area contributed by atoms with Gasteiger partial charge in [0.25, 0.3) is 0 Å². The van der Waals surface area contributed by atoms with Gasteiger partial charge in [-0.05, 0) is 0 Å². The summed E-state index contributed by atoms with van der Waals surface area (Å²) >= 11 is 0. The highest BCUT2D eigenvalue weighted by Gasteiger charge is 2.11. The standard InChI is InChI=1S/C8H13N3O2S/c1-3-5-11-6-8(9-10-11)7-14(12,13)4-2/h3,6H,1,4-5,7H2,2H3. The number of allylic oxidation sites excluding steroid dienone is 1. The van der Waals surface area contributed by atoms with Gasteiger partial charge in [-0.15, -0.1) is 11.7 Å². The van der Waals surface area contributed by atoms with Crippen LogP contribution in [-0.4, -0.2) is 29.2 Å². The molecule has 14 heavy (non-hydrogen) atoms. The topological polar surface area (TPSA) is 64.8 Å². The first-order chi connectivity index (χ1) is 6.57. The zero-order valence-corrected chi connectivity index (χ0v) is 8.87. The minimum Gasteiger partial charge on any atom is -0.248 e. The van der Waals surface area contributed by atoms with Gasteiger partial charge in [0.05, 0.1) is 18.0 Å². The zero-order valence-electron chi connectivity index (χ0n) is 8.05. The Morgan fingerprint density at radius 2 is 2.36 bits per heavy atom. The lowest BCUT2D eigenvalue weighted by molar-refractivity contribution is 0.595. The van der Waals surface area contributed by atoms with Crippen LogP contribution in [-0.2, 0) is 22.1 Å². The summed E-state index contributed by atoms with van der Waals surface area (Å²) in [5, 5.41) is 7.51. The number of aromatic nitrogens is 3. The molecule has 5 nitrogen and oxygen atoms in total. The third-order valence-electron chi connectivity index (χ3n) is 1.71. The lowest BCUT2D eigenvalue weighted by atomic mass is 10.5. The van der Waals surface area contributed by atoms with Crippen LogP contribution < -0.4 is 0 Å². The van der Waals surface area contributed by atoms with E-state index < -0.39 is 9.84 Å². The van der Waals surface area contributed by atoms with E-state index >= 15 is 0 Å². The van der Waals surface area contributed by atoms with Crippen molar-refractivity contribution >= 4 is 9.84 Å². The van der Waals surface area contributed by atoms with Gasteiger partial charge in [0.2, 0.25) is 0 Å². The summed E-state index contributed by atoms with van der Waals surface area (Å²) in [5.41, 5.74) is 0.480. The molecule has 0 amide bonds. The SMILES string of the molecule is C=CCn1cc(CS(=O)(=O)CC)nn1. The van der Waals surface area contributed by atoms with E-state index in [2.05, 4.69) is 16.9 Å². The van der Waals surface area contributed by atoms with Crippen molar-refractivity contribution < 1.29 is 8.42 Å². The number of hydrogen-bond acceptors (Lipinski definition) is 4. The molecule has 0 radical (unpaired) electrons. The average molecular weight is 215 g/mol. The largest absolute Gasteiger partial charge is 0.248 e. The molecule has 0 atom stereocenters. The van der Waals surface area contributed by atoms with Crippen LogP contribution in [0, 0.1) is 0 Å². The molecular formula is C8H13N3O2S. The molecule has 0 saturated heterocycles. The van der Waals surface area contributed by atoms with Crippen molar-refractivity contribution in [3.63, 3.8) is 0 Å². The predicted octanol–water partition coefficient (Wildman–Crippen LogP) is 0.399. The third-order valence-corrected chi connectivity index (χ3v) is 3.33. The number of rotatable bonds is 5. The Hall–Kier alpha value is -1.17. The maximum absolute atomic E-state index is 11.2. The lowest BCUT2D eigenvalue weighted by Crippen LogP contribution is -2.06. The fraction of sp³-hybridized carbons (Fsp3) is 0.500. The lowest BCUT2D eigenvalue weighted by Gasteiger charge is -1.95. The van der Waals surface area contributed by atoms with Crippen LogP contribution in [0.15, 0.2) is 18.9 Å². The van der Waals surface area contributed by atoms with Gasteiger partial charge in [-0.2, -0.15) is 0 Å². The Morgan fingerprint density at radius 1 is 1.64 bits per heavy atom. The Kier molecular flexibility index (Phi) is 3.40. The minimum absolute atomic E-state index is 0.0410. The fourth-order valence-corrected chi connectivity index (χ4v) is 1.74. The van der Waals surface area contributed by atoms with Crippen LogP contribution in [0.2, 0.25) is 0 Å². The van der Waals surface area contributed by atoms with Crippen molar-refractivity contribution in [2.24, 2.45) is 0 Å². The van der Waals surface area contributed by atoms with E-state index in [0.717, 1.165) is 0 Å². The molecule has 1 rings (SSSR count). The van der Waals surface area contributed by atoms with Crippen LogP contribution in [0.5, 0.6) is 0 Å². The Bertz CT molecular complexity index is 408. The summed E-state index contributed by atoms with van der Waals surface area (Å²) < 4.78 is 24.0. The molecule has 0 unspecified atom stereocenters. The van der Waals surface area contributed by atoms with E-state index in [4.69, 9.17) is 0 Å². The Morgan fingerprint density at radius 3 is 2.93 bits per heavy atom. The second-order valence-corrected chi connectivity index (χ2v) is 5.25. The molecule has 1 aromatic rings. The number of hydrogen-bond donors (Lipinski definition) is 0. The van der Waals surface area contributed by atoms with Gasteiger partial charge in [-0.25, -0.2) is 13.1 Å². The maximum Gasteiger partial charge on any atom is 0.155 e. The highest BCUT2D eigenvalue weighted by molar-refractivity contribution is 7.90. The van der Waals surface area contributed by atoms with Crippen LogP contribution in [0.25, 0.3) is 0 Å². The summed E-state index contributed by atoms with van der Waals surface area (Å²) in [6.45, 7) is 5.70. The molecule has 78 valence electrons. The molecule has 0 fully saturated rings. The van der Waals surface area contributed by atoms with Crippen molar-refractivity contribution in [3.8, 4) is 0 Å². The van der Waals surface area contributed by atoms with Gasteiger partial charge in [-0.1, -0.05) is 18.2 Å². The molecule has 0 spiro atoms. The fourth-order valence-electron chi connectivity index (χ4n) is 0.954. The first-order valence-corrected chi connectivity index (χ1v) is 6.10. The van der Waals surface area contributed by atoms with E-state index in [1.165, 1.54) is 0 Å². The van der Waals surface area contributed by atoms with Gasteiger partial charge in [0.15, 0.2) is 9.84 Å². The third kappa shape index (κ3) is 2.95. The van der Waals surface area contributed by atoms with Gasteiger partial charge in [0, 0.05) is 11.9 Å². The van der Waals surface area contributed by atoms with Gasteiger partial charge in [-0.3, -0.25) is 0 Å². The van der Waals surface area contributed by atoms with E-state index in [1.807, 2.05) is 0 Å². The molecular weight excluding hydrogens is 202 g/mol. The smallest absolute Gasteiger partial charge is 0.155 e. The molecule has 0 saturated carbocycles. The normalized spacial score (nSPS) is 11.5. The summed E-state index contributed by atoms with van der Waals surface area (Å²) in [6, 6.07) is 0. The van der Waals surface area contributed by atoms with Crippen molar-refractivity contribution in [3.05, 3.63) is 24.5 Å². The Labute approximate surface area is 83.4 Å². The van der Waals surface area contributed by atoms with E-state index in [1.54, 1.807) is 23.9 Å². The first kappa shape index (κ1) is 10.9. The molecule has 0 aliphatic carbocycles. The summed E-state index contributed by atoms with van der Waals surface area (Å²) in [4.78, 5) is 0. The first-order valence-electron chi connectivity index (χ1n) is 4.27. The molecule has 0 aliphatic heterocycles. The summed E-state index contributed by atoms with van der Waals surface area (Å²) in [5.74, 6) is 0.0853. The monoisotopic (exact) mass is 215 g/mol. The second kappa shape index (κ2) is 4.36. The molecule has 0 aliphatic rings. The zero-order chi connectivity index (χ0) is 10.6. The number of sulfone groups is 1. The van der Waals surface area contributed by atoms with E-state index in [-0.39, 0.29) is 11.5 Å². The van der Waals surface area contributed by atoms with Gasteiger partial charge < -0.3 is 0 Å². The van der Waals surface area contributed by atoms with Crippen LogP contribution in [0.4, 0.5) is 0 Å². The summed E-state index contributed by atoms with van der Waals surface area (Å²) in [7, 11) is -3.02. The van der Waals surface area contributed by atoms with Crippen LogP contribution >= 0.6 is 0 Å². The molecule has 0 bridgehead atoms. The van der Waals surface area contributed by atoms with Crippen molar-refractivity contribution in [2.45, 2.75) is 19.2 Å². The highest BCUT2D eigenvalue weighted by atomic mass is 32.2. The molecule has 0 aromatic carbocycles. The molecule has 1 heterocycles. The van der Waals surface area contributed by atoms with Crippen molar-refractivity contribution in [1.82, 2.24) is 15.0 Å². The van der Waals surface area contributed by atoms with E-state index in [9.17, 15) is 8.42 Å². The predicted molar refractivity (Wildman–Crippen MR) is 53.4 cm³/mol. The average Bonchev–Trinajstić information content (AvgIpc) is 2.53. The number of nitrogens with zero attached hydrogens (tertiary/aromatic N) is 3. The van der Waals surface area contributed by atoms with E-state index in [0.29, 0.717) is 12.2 Å². The Balaban J connectivity index is 2.73. The molecule has 0 N–H and O–H groups in total. The maximum atomic E-state index is 11.2. The van der Waals surface area contributed by atoms with Gasteiger partial charge in [0.1, 0.15) is 0 Å². The molecule has 6 heteroatoms. The van der Waals surface area contributed by atoms with Crippen LogP contribution in [0.1, 0.15) is 12.6 Å². The van der Waals surface area contributed by atoms with Crippen LogP contribution in [0.3, 0.4) is 0 Å². The summed E-state index contributed by atoms with van der Waals surface area (Å²) in [6.07, 6.45) is 3.29.